The molecule has 3 heteroatoms. The maximum atomic E-state index is 5.52. The summed E-state index contributed by atoms with van der Waals surface area (Å²) in [5.41, 5.74) is 5.52. The Morgan fingerprint density at radius 3 is 2.32 bits per heavy atom. The number of hydrogen-bond donors (Lipinski definition) is 2. The van der Waals surface area contributed by atoms with E-state index in [0.717, 1.165) is 32.0 Å². The first-order valence-electron chi connectivity index (χ1n) is 9.96. The Hall–Kier alpha value is -0.120. The molecular formula is C19H41N3. The van der Waals surface area contributed by atoms with Crippen molar-refractivity contribution in [2.75, 3.05) is 39.3 Å². The molecule has 0 aliphatic carbocycles. The molecule has 1 aliphatic heterocycles. The van der Waals surface area contributed by atoms with E-state index in [4.69, 9.17) is 5.73 Å². The summed E-state index contributed by atoms with van der Waals surface area (Å²) in [5, 5.41) is 3.50. The van der Waals surface area contributed by atoms with Gasteiger partial charge in [0.15, 0.2) is 0 Å². The minimum atomic E-state index is 0.803. The number of hydrogen-bond acceptors (Lipinski definition) is 3. The molecule has 0 aromatic carbocycles. The topological polar surface area (TPSA) is 41.3 Å². The minimum absolute atomic E-state index is 0.803. The predicted octanol–water partition coefficient (Wildman–Crippen LogP) is 3.78. The Kier molecular flexibility index (Phi) is 13.1. The highest BCUT2D eigenvalue weighted by molar-refractivity contribution is 4.64. The lowest BCUT2D eigenvalue weighted by atomic mass is 9.99. The van der Waals surface area contributed by atoms with Gasteiger partial charge in [-0.3, -0.25) is 0 Å². The van der Waals surface area contributed by atoms with Crippen molar-refractivity contribution >= 4 is 0 Å². The summed E-state index contributed by atoms with van der Waals surface area (Å²) >= 11 is 0. The molecule has 3 N–H and O–H groups in total. The molecule has 0 amide bonds. The van der Waals surface area contributed by atoms with Gasteiger partial charge in [-0.05, 0) is 70.9 Å². The van der Waals surface area contributed by atoms with Crippen LogP contribution in [0.4, 0.5) is 0 Å². The molecule has 1 aliphatic rings. The fourth-order valence-electron chi connectivity index (χ4n) is 3.37. The average molecular weight is 312 g/mol. The SMILES string of the molecule is CC1CCCCCCCCCN(CCCNCCCN)CC1. The largest absolute Gasteiger partial charge is 0.330 e. The first-order chi connectivity index (χ1) is 10.8. The lowest BCUT2D eigenvalue weighted by molar-refractivity contribution is 0.243. The van der Waals surface area contributed by atoms with E-state index >= 15 is 0 Å². The average Bonchev–Trinajstić information content (AvgIpc) is 2.54. The van der Waals surface area contributed by atoms with Crippen molar-refractivity contribution in [2.45, 2.75) is 77.6 Å². The highest BCUT2D eigenvalue weighted by atomic mass is 15.1. The zero-order valence-electron chi connectivity index (χ0n) is 15.1. The van der Waals surface area contributed by atoms with Crippen molar-refractivity contribution < 1.29 is 0 Å². The Balaban J connectivity index is 2.20. The van der Waals surface area contributed by atoms with Gasteiger partial charge < -0.3 is 16.0 Å². The van der Waals surface area contributed by atoms with Crippen LogP contribution in [-0.2, 0) is 0 Å². The van der Waals surface area contributed by atoms with Gasteiger partial charge in [0.25, 0.3) is 0 Å². The van der Waals surface area contributed by atoms with Gasteiger partial charge in [-0.1, -0.05) is 51.9 Å². The third-order valence-corrected chi connectivity index (χ3v) is 4.99. The summed E-state index contributed by atoms with van der Waals surface area (Å²) in [5.74, 6) is 0.908. The number of rotatable bonds is 7. The summed E-state index contributed by atoms with van der Waals surface area (Å²) in [7, 11) is 0. The van der Waals surface area contributed by atoms with E-state index in [1.807, 2.05) is 0 Å². The molecule has 0 aromatic heterocycles. The molecule has 1 rings (SSSR count). The van der Waals surface area contributed by atoms with Crippen molar-refractivity contribution in [3.05, 3.63) is 0 Å². The van der Waals surface area contributed by atoms with Crippen molar-refractivity contribution in [1.29, 1.82) is 0 Å². The molecule has 1 heterocycles. The summed E-state index contributed by atoms with van der Waals surface area (Å²) in [6.45, 7) is 9.37. The lowest BCUT2D eigenvalue weighted by Gasteiger charge is -2.24. The van der Waals surface area contributed by atoms with Gasteiger partial charge in [0.1, 0.15) is 0 Å². The summed E-state index contributed by atoms with van der Waals surface area (Å²) < 4.78 is 0. The number of nitrogens with zero attached hydrogens (tertiary/aromatic N) is 1. The van der Waals surface area contributed by atoms with Gasteiger partial charge in [0, 0.05) is 0 Å². The highest BCUT2D eigenvalue weighted by Crippen LogP contribution is 2.17. The molecule has 1 fully saturated rings. The quantitative estimate of drug-likeness (QED) is 0.703. The van der Waals surface area contributed by atoms with Gasteiger partial charge in [-0.15, -0.1) is 0 Å². The van der Waals surface area contributed by atoms with E-state index in [2.05, 4.69) is 17.1 Å². The van der Waals surface area contributed by atoms with Gasteiger partial charge >= 0.3 is 0 Å². The number of nitrogens with one attached hydrogen (secondary N) is 1. The van der Waals surface area contributed by atoms with Crippen molar-refractivity contribution in [3.63, 3.8) is 0 Å². The third-order valence-electron chi connectivity index (χ3n) is 4.99. The summed E-state index contributed by atoms with van der Waals surface area (Å²) in [6, 6.07) is 0. The molecule has 0 bridgehead atoms. The van der Waals surface area contributed by atoms with Crippen LogP contribution in [0.2, 0.25) is 0 Å². The van der Waals surface area contributed by atoms with Crippen LogP contribution in [-0.4, -0.2) is 44.2 Å². The van der Waals surface area contributed by atoms with Crippen LogP contribution >= 0.6 is 0 Å². The van der Waals surface area contributed by atoms with E-state index in [1.165, 1.54) is 83.8 Å². The first kappa shape index (κ1) is 19.9. The van der Waals surface area contributed by atoms with Crippen molar-refractivity contribution in [2.24, 2.45) is 11.7 Å². The van der Waals surface area contributed by atoms with E-state index in [-0.39, 0.29) is 0 Å². The maximum absolute atomic E-state index is 5.52. The van der Waals surface area contributed by atoms with Crippen LogP contribution in [0.15, 0.2) is 0 Å². The third kappa shape index (κ3) is 11.4. The Morgan fingerprint density at radius 1 is 0.864 bits per heavy atom. The molecule has 22 heavy (non-hydrogen) atoms. The second kappa shape index (κ2) is 14.5. The lowest BCUT2D eigenvalue weighted by Crippen LogP contribution is -2.30. The van der Waals surface area contributed by atoms with Crippen LogP contribution < -0.4 is 11.1 Å². The molecule has 0 spiro atoms. The maximum Gasteiger partial charge on any atom is -0.000664 e. The van der Waals surface area contributed by atoms with Gasteiger partial charge in [-0.2, -0.15) is 0 Å². The van der Waals surface area contributed by atoms with E-state index in [9.17, 15) is 0 Å². The van der Waals surface area contributed by atoms with Crippen molar-refractivity contribution in [1.82, 2.24) is 10.2 Å². The Labute approximate surface area is 139 Å². The van der Waals surface area contributed by atoms with Gasteiger partial charge in [0.05, 0.1) is 0 Å². The predicted molar refractivity (Wildman–Crippen MR) is 98.3 cm³/mol. The van der Waals surface area contributed by atoms with Crippen LogP contribution in [0.1, 0.15) is 77.6 Å². The zero-order valence-corrected chi connectivity index (χ0v) is 15.1. The molecule has 132 valence electrons. The fourth-order valence-corrected chi connectivity index (χ4v) is 3.37. The van der Waals surface area contributed by atoms with Gasteiger partial charge in [0.2, 0.25) is 0 Å². The van der Waals surface area contributed by atoms with E-state index < -0.39 is 0 Å². The van der Waals surface area contributed by atoms with Gasteiger partial charge in [-0.25, -0.2) is 0 Å². The summed E-state index contributed by atoms with van der Waals surface area (Å²) in [6.07, 6.45) is 15.3. The monoisotopic (exact) mass is 311 g/mol. The zero-order chi connectivity index (χ0) is 15.9. The normalized spacial score (nSPS) is 23.5. The first-order valence-corrected chi connectivity index (χ1v) is 9.96. The molecule has 0 aromatic rings. The van der Waals surface area contributed by atoms with Crippen LogP contribution in [0.5, 0.6) is 0 Å². The molecular weight excluding hydrogens is 270 g/mol. The van der Waals surface area contributed by atoms with Crippen molar-refractivity contribution in [3.8, 4) is 0 Å². The smallest absolute Gasteiger partial charge is 0.000664 e. The standard InChI is InChI=1S/C19H41N3/c1-19-11-7-5-3-2-4-6-8-16-22(18-12-19)17-10-15-21-14-9-13-20/h19,21H,2-18,20H2,1H3. The molecule has 0 radical (unpaired) electrons. The molecule has 3 nitrogen and oxygen atoms in total. The van der Waals surface area contributed by atoms with E-state index in [0.29, 0.717) is 0 Å². The molecule has 1 saturated heterocycles. The highest BCUT2D eigenvalue weighted by Gasteiger charge is 2.09. The van der Waals surface area contributed by atoms with Crippen LogP contribution in [0, 0.1) is 5.92 Å². The van der Waals surface area contributed by atoms with E-state index in [1.54, 1.807) is 0 Å². The van der Waals surface area contributed by atoms with Crippen LogP contribution in [0.3, 0.4) is 0 Å². The summed E-state index contributed by atoms with van der Waals surface area (Å²) in [4.78, 5) is 2.72. The molecule has 0 saturated carbocycles. The Morgan fingerprint density at radius 2 is 1.55 bits per heavy atom. The fraction of sp³-hybridized carbons (Fsp3) is 1.00. The molecule has 1 unspecified atom stereocenters. The molecule has 1 atom stereocenters. The second-order valence-electron chi connectivity index (χ2n) is 7.24. The Bertz CT molecular complexity index is 233. The number of nitrogens with two attached hydrogens (primary N) is 1. The minimum Gasteiger partial charge on any atom is -0.330 e. The second-order valence-corrected chi connectivity index (χ2v) is 7.24. The van der Waals surface area contributed by atoms with Crippen LogP contribution in [0.25, 0.3) is 0 Å².